The zero-order valence-corrected chi connectivity index (χ0v) is 16.0. The van der Waals surface area contributed by atoms with Crippen LogP contribution in [0.2, 0.25) is 0 Å². The minimum absolute atomic E-state index is 0.974. The van der Waals surface area contributed by atoms with Crippen molar-refractivity contribution in [3.8, 4) is 0 Å². The molecule has 1 fully saturated rings. The number of hydrogen-bond donors (Lipinski definition) is 0. The Morgan fingerprint density at radius 1 is 0.679 bits per heavy atom. The Kier molecular flexibility index (Phi) is 4.57. The van der Waals surface area contributed by atoms with Crippen LogP contribution in [-0.4, -0.2) is 42.7 Å². The van der Waals surface area contributed by atoms with Gasteiger partial charge in [-0.2, -0.15) is 0 Å². The number of fused-ring (bicyclic) bond motifs is 1. The van der Waals surface area contributed by atoms with Gasteiger partial charge in [-0.15, -0.1) is 0 Å². The monoisotopic (exact) mass is 371 g/mol. The van der Waals surface area contributed by atoms with Gasteiger partial charge < -0.3 is 14.7 Å². The van der Waals surface area contributed by atoms with Crippen LogP contribution in [0.1, 0.15) is 12.0 Å². The highest BCUT2D eigenvalue weighted by Crippen LogP contribution is 2.33. The first-order valence-corrected chi connectivity index (χ1v) is 10.1. The minimum atomic E-state index is 0.974. The predicted octanol–water partition coefficient (Wildman–Crippen LogP) is 3.89. The van der Waals surface area contributed by atoms with Gasteiger partial charge in [0.05, 0.1) is 0 Å². The summed E-state index contributed by atoms with van der Waals surface area (Å²) in [6.45, 7) is 4.98. The van der Waals surface area contributed by atoms with Crippen molar-refractivity contribution in [3.05, 3.63) is 72.6 Å². The molecule has 0 aliphatic carbocycles. The van der Waals surface area contributed by atoms with Gasteiger partial charge >= 0.3 is 0 Å². The second kappa shape index (κ2) is 7.50. The molecule has 0 N–H and O–H groups in total. The van der Waals surface area contributed by atoms with Crippen LogP contribution in [0.15, 0.2) is 67.0 Å². The standard InChI is InChI=1S/C23H25N5/c1-2-9-20(10-3-1)26-13-15-27(16-14-26)22-17-23(25-18-24-22)28-12-6-8-19-7-4-5-11-21(19)28/h1-5,7,9-11,17-18H,6,8,12-16H2. The molecule has 5 nitrogen and oxygen atoms in total. The molecule has 3 heterocycles. The van der Waals surface area contributed by atoms with Gasteiger partial charge in [0.1, 0.15) is 18.0 Å². The second-order valence-corrected chi connectivity index (χ2v) is 7.43. The third kappa shape index (κ3) is 3.28. The maximum atomic E-state index is 4.60. The minimum Gasteiger partial charge on any atom is -0.368 e. The van der Waals surface area contributed by atoms with Gasteiger partial charge in [-0.05, 0) is 36.6 Å². The predicted molar refractivity (Wildman–Crippen MR) is 115 cm³/mol. The number of aromatic nitrogens is 2. The maximum absolute atomic E-state index is 4.60. The normalized spacial score (nSPS) is 16.8. The molecule has 0 saturated carbocycles. The Labute approximate surface area is 166 Å². The molecule has 3 aromatic rings. The van der Waals surface area contributed by atoms with Crippen LogP contribution in [0.3, 0.4) is 0 Å². The van der Waals surface area contributed by atoms with Crippen molar-refractivity contribution in [1.29, 1.82) is 0 Å². The first-order chi connectivity index (χ1) is 13.9. The summed E-state index contributed by atoms with van der Waals surface area (Å²) in [5.74, 6) is 2.03. The molecule has 5 heteroatoms. The van der Waals surface area contributed by atoms with Gasteiger partial charge in [0.2, 0.25) is 0 Å². The number of rotatable bonds is 3. The van der Waals surface area contributed by atoms with E-state index < -0.39 is 0 Å². The summed E-state index contributed by atoms with van der Waals surface area (Å²) < 4.78 is 0. The van der Waals surface area contributed by atoms with Crippen molar-refractivity contribution in [2.75, 3.05) is 47.4 Å². The summed E-state index contributed by atoms with van der Waals surface area (Å²) in [4.78, 5) is 16.3. The van der Waals surface area contributed by atoms with E-state index in [2.05, 4.69) is 85.3 Å². The van der Waals surface area contributed by atoms with E-state index in [-0.39, 0.29) is 0 Å². The van der Waals surface area contributed by atoms with E-state index in [0.29, 0.717) is 0 Å². The quantitative estimate of drug-likeness (QED) is 0.698. The van der Waals surface area contributed by atoms with Gasteiger partial charge in [0.15, 0.2) is 0 Å². The Morgan fingerprint density at radius 3 is 2.25 bits per heavy atom. The molecular weight excluding hydrogens is 346 g/mol. The number of hydrogen-bond acceptors (Lipinski definition) is 5. The van der Waals surface area contributed by atoms with Crippen LogP contribution < -0.4 is 14.7 Å². The van der Waals surface area contributed by atoms with E-state index in [1.54, 1.807) is 6.33 Å². The molecule has 5 rings (SSSR count). The number of para-hydroxylation sites is 2. The smallest absolute Gasteiger partial charge is 0.138 e. The van der Waals surface area contributed by atoms with Crippen molar-refractivity contribution in [2.24, 2.45) is 0 Å². The van der Waals surface area contributed by atoms with Crippen LogP contribution in [-0.2, 0) is 6.42 Å². The van der Waals surface area contributed by atoms with Crippen LogP contribution in [0.4, 0.5) is 23.0 Å². The summed E-state index contributed by atoms with van der Waals surface area (Å²) in [5.41, 5.74) is 3.99. The van der Waals surface area contributed by atoms with Crippen molar-refractivity contribution >= 4 is 23.0 Å². The molecule has 0 amide bonds. The highest BCUT2D eigenvalue weighted by molar-refractivity contribution is 5.67. The zero-order chi connectivity index (χ0) is 18.8. The zero-order valence-electron chi connectivity index (χ0n) is 16.0. The largest absolute Gasteiger partial charge is 0.368 e. The van der Waals surface area contributed by atoms with Crippen LogP contribution >= 0.6 is 0 Å². The van der Waals surface area contributed by atoms with Gasteiger partial charge in [-0.3, -0.25) is 0 Å². The molecule has 0 spiro atoms. The lowest BCUT2D eigenvalue weighted by molar-refractivity contribution is 0.646. The molecule has 0 atom stereocenters. The first-order valence-electron chi connectivity index (χ1n) is 10.1. The molecule has 1 aromatic heterocycles. The van der Waals surface area contributed by atoms with E-state index in [1.807, 2.05) is 0 Å². The maximum Gasteiger partial charge on any atom is 0.138 e. The summed E-state index contributed by atoms with van der Waals surface area (Å²) in [5, 5.41) is 0. The summed E-state index contributed by atoms with van der Waals surface area (Å²) in [6.07, 6.45) is 4.02. The van der Waals surface area contributed by atoms with Gasteiger partial charge in [-0.1, -0.05) is 36.4 Å². The number of aryl methyl sites for hydroxylation is 1. The van der Waals surface area contributed by atoms with Gasteiger partial charge in [-0.25, -0.2) is 9.97 Å². The number of anilines is 4. The summed E-state index contributed by atoms with van der Waals surface area (Å²) in [7, 11) is 0. The molecule has 1 saturated heterocycles. The molecule has 0 bridgehead atoms. The van der Waals surface area contributed by atoms with Crippen LogP contribution in [0.5, 0.6) is 0 Å². The molecule has 2 aromatic carbocycles. The fourth-order valence-corrected chi connectivity index (χ4v) is 4.26. The van der Waals surface area contributed by atoms with Crippen molar-refractivity contribution < 1.29 is 0 Å². The summed E-state index contributed by atoms with van der Waals surface area (Å²) in [6, 6.07) is 21.5. The number of piperazine rings is 1. The Balaban J connectivity index is 1.33. The molecule has 0 unspecified atom stereocenters. The number of nitrogens with zero attached hydrogens (tertiary/aromatic N) is 5. The third-order valence-electron chi connectivity index (χ3n) is 5.75. The second-order valence-electron chi connectivity index (χ2n) is 7.43. The highest BCUT2D eigenvalue weighted by Gasteiger charge is 2.22. The molecule has 2 aliphatic rings. The highest BCUT2D eigenvalue weighted by atomic mass is 15.3. The Morgan fingerprint density at radius 2 is 1.39 bits per heavy atom. The molecular formula is C23H25N5. The van der Waals surface area contributed by atoms with Crippen molar-refractivity contribution in [3.63, 3.8) is 0 Å². The van der Waals surface area contributed by atoms with E-state index in [9.17, 15) is 0 Å². The van der Waals surface area contributed by atoms with Gasteiger partial charge in [0.25, 0.3) is 0 Å². The van der Waals surface area contributed by atoms with Gasteiger partial charge in [0, 0.05) is 50.2 Å². The van der Waals surface area contributed by atoms with E-state index in [0.717, 1.165) is 57.2 Å². The van der Waals surface area contributed by atoms with Crippen molar-refractivity contribution in [1.82, 2.24) is 9.97 Å². The molecule has 2 aliphatic heterocycles. The SMILES string of the molecule is c1ccc(N2CCN(c3cc(N4CCCc5ccccc54)ncn3)CC2)cc1. The van der Waals surface area contributed by atoms with E-state index in [4.69, 9.17) is 0 Å². The Hall–Kier alpha value is -3.08. The lowest BCUT2D eigenvalue weighted by Crippen LogP contribution is -2.46. The fourth-order valence-electron chi connectivity index (χ4n) is 4.26. The summed E-state index contributed by atoms with van der Waals surface area (Å²) >= 11 is 0. The lowest BCUT2D eigenvalue weighted by Gasteiger charge is -2.37. The van der Waals surface area contributed by atoms with E-state index >= 15 is 0 Å². The van der Waals surface area contributed by atoms with Crippen LogP contribution in [0.25, 0.3) is 0 Å². The number of benzene rings is 2. The lowest BCUT2D eigenvalue weighted by atomic mass is 10.0. The first kappa shape index (κ1) is 17.0. The van der Waals surface area contributed by atoms with Crippen molar-refractivity contribution in [2.45, 2.75) is 12.8 Å². The average molecular weight is 371 g/mol. The molecule has 142 valence electrons. The third-order valence-corrected chi connectivity index (χ3v) is 5.75. The Bertz CT molecular complexity index is 934. The van der Waals surface area contributed by atoms with Crippen LogP contribution in [0, 0.1) is 0 Å². The topological polar surface area (TPSA) is 35.5 Å². The van der Waals surface area contributed by atoms with E-state index in [1.165, 1.54) is 16.9 Å². The fraction of sp³-hybridized carbons (Fsp3) is 0.304. The molecule has 28 heavy (non-hydrogen) atoms. The average Bonchev–Trinajstić information content (AvgIpc) is 2.79. The molecule has 0 radical (unpaired) electrons.